The van der Waals surface area contributed by atoms with Gasteiger partial charge in [-0.25, -0.2) is 4.98 Å². The van der Waals surface area contributed by atoms with Crippen molar-refractivity contribution in [1.29, 1.82) is 0 Å². The molecular weight excluding hydrogens is 226 g/mol. The van der Waals surface area contributed by atoms with Crippen molar-refractivity contribution in [2.45, 2.75) is 32.8 Å². The zero-order chi connectivity index (χ0) is 13.1. The third-order valence-corrected chi connectivity index (χ3v) is 3.13. The van der Waals surface area contributed by atoms with Crippen LogP contribution in [0.25, 0.3) is 0 Å². The van der Waals surface area contributed by atoms with E-state index >= 15 is 0 Å². The van der Waals surface area contributed by atoms with E-state index in [4.69, 9.17) is 0 Å². The Kier molecular flexibility index (Phi) is 3.77. The Morgan fingerprint density at radius 3 is 2.72 bits per heavy atom. The lowest BCUT2D eigenvalue weighted by Gasteiger charge is -2.13. The number of nitrogens with zero attached hydrogens (tertiary/aromatic N) is 3. The number of pyridine rings is 1. The molecule has 0 amide bonds. The summed E-state index contributed by atoms with van der Waals surface area (Å²) >= 11 is 0. The lowest BCUT2D eigenvalue weighted by molar-refractivity contribution is 0.161. The van der Waals surface area contributed by atoms with Gasteiger partial charge in [0.15, 0.2) is 0 Å². The van der Waals surface area contributed by atoms with Crippen molar-refractivity contribution in [3.63, 3.8) is 0 Å². The van der Waals surface area contributed by atoms with E-state index in [1.54, 1.807) is 12.4 Å². The van der Waals surface area contributed by atoms with Crippen LogP contribution in [0, 0.1) is 13.8 Å². The highest BCUT2D eigenvalue weighted by Crippen LogP contribution is 2.20. The van der Waals surface area contributed by atoms with Gasteiger partial charge in [-0.15, -0.1) is 0 Å². The second kappa shape index (κ2) is 5.31. The lowest BCUT2D eigenvalue weighted by atomic mass is 10.0. The van der Waals surface area contributed by atoms with Crippen LogP contribution in [-0.4, -0.2) is 19.6 Å². The molecule has 2 rings (SSSR count). The van der Waals surface area contributed by atoms with Crippen molar-refractivity contribution in [1.82, 2.24) is 14.5 Å². The van der Waals surface area contributed by atoms with E-state index in [0.29, 0.717) is 6.42 Å². The number of aryl methyl sites for hydroxylation is 4. The Labute approximate surface area is 107 Å². The van der Waals surface area contributed by atoms with Crippen molar-refractivity contribution < 1.29 is 5.11 Å². The molecule has 0 spiro atoms. The van der Waals surface area contributed by atoms with Crippen molar-refractivity contribution in [3.05, 3.63) is 47.3 Å². The molecule has 0 fully saturated rings. The number of imidazole rings is 1. The molecule has 0 aliphatic heterocycles. The summed E-state index contributed by atoms with van der Waals surface area (Å²) in [6, 6.07) is 2.05. The van der Waals surface area contributed by atoms with Gasteiger partial charge < -0.3 is 9.67 Å². The predicted octanol–water partition coefficient (Wildman–Crippen LogP) is 2.10. The molecule has 0 radical (unpaired) electrons. The zero-order valence-electron chi connectivity index (χ0n) is 11.1. The molecule has 96 valence electrons. The maximum absolute atomic E-state index is 10.2. The number of rotatable bonds is 4. The average molecular weight is 245 g/mol. The molecule has 4 nitrogen and oxygen atoms in total. The Morgan fingerprint density at radius 2 is 2.11 bits per heavy atom. The molecule has 1 atom stereocenters. The molecule has 0 aliphatic rings. The van der Waals surface area contributed by atoms with Gasteiger partial charge in [-0.3, -0.25) is 4.98 Å². The molecule has 2 aromatic rings. The fourth-order valence-electron chi connectivity index (χ4n) is 2.11. The first kappa shape index (κ1) is 12.8. The van der Waals surface area contributed by atoms with Crippen LogP contribution < -0.4 is 0 Å². The van der Waals surface area contributed by atoms with Crippen molar-refractivity contribution in [3.8, 4) is 0 Å². The van der Waals surface area contributed by atoms with Crippen molar-refractivity contribution in [2.24, 2.45) is 7.05 Å². The van der Waals surface area contributed by atoms with E-state index < -0.39 is 6.10 Å². The number of aliphatic hydroxyl groups excluding tert-OH is 1. The molecule has 4 heteroatoms. The molecule has 0 aliphatic carbocycles. The summed E-state index contributed by atoms with van der Waals surface area (Å²) < 4.78 is 1.97. The fourth-order valence-corrected chi connectivity index (χ4v) is 2.11. The Bertz CT molecular complexity index is 534. The molecule has 1 unspecified atom stereocenters. The highest BCUT2D eigenvalue weighted by Gasteiger charge is 2.13. The van der Waals surface area contributed by atoms with E-state index in [2.05, 4.69) is 9.97 Å². The van der Waals surface area contributed by atoms with Crippen LogP contribution in [-0.2, 0) is 13.5 Å². The third-order valence-electron chi connectivity index (χ3n) is 3.13. The Balaban J connectivity index is 2.03. The van der Waals surface area contributed by atoms with Gasteiger partial charge in [0.25, 0.3) is 0 Å². The van der Waals surface area contributed by atoms with Gasteiger partial charge in [-0.1, -0.05) is 6.07 Å². The summed E-state index contributed by atoms with van der Waals surface area (Å²) in [4.78, 5) is 8.57. The fraction of sp³-hybridized carbons (Fsp3) is 0.429. The molecule has 1 N–H and O–H groups in total. The van der Waals surface area contributed by atoms with E-state index in [1.807, 2.05) is 37.7 Å². The number of aliphatic hydroxyl groups is 1. The second-order valence-corrected chi connectivity index (χ2v) is 4.72. The normalized spacial score (nSPS) is 12.7. The van der Waals surface area contributed by atoms with Crippen LogP contribution in [0.2, 0.25) is 0 Å². The predicted molar refractivity (Wildman–Crippen MR) is 70.2 cm³/mol. The maximum Gasteiger partial charge on any atom is 0.108 e. The molecule has 2 aromatic heterocycles. The molecule has 18 heavy (non-hydrogen) atoms. The topological polar surface area (TPSA) is 50.9 Å². The summed E-state index contributed by atoms with van der Waals surface area (Å²) in [7, 11) is 1.96. The average Bonchev–Trinajstić information content (AvgIpc) is 2.72. The number of aromatic nitrogens is 3. The summed E-state index contributed by atoms with van der Waals surface area (Å²) in [6.07, 6.45) is 6.35. The van der Waals surface area contributed by atoms with Crippen molar-refractivity contribution in [2.75, 3.05) is 0 Å². The lowest BCUT2D eigenvalue weighted by Crippen LogP contribution is -2.07. The van der Waals surface area contributed by atoms with E-state index in [-0.39, 0.29) is 0 Å². The minimum Gasteiger partial charge on any atom is -0.387 e. The molecule has 0 saturated heterocycles. The molecule has 2 heterocycles. The molecular formula is C14H19N3O. The minimum atomic E-state index is -0.526. The van der Waals surface area contributed by atoms with Gasteiger partial charge in [0.05, 0.1) is 11.8 Å². The van der Waals surface area contributed by atoms with Gasteiger partial charge in [0, 0.05) is 32.1 Å². The van der Waals surface area contributed by atoms with E-state index in [1.165, 1.54) is 0 Å². The zero-order valence-corrected chi connectivity index (χ0v) is 11.1. The number of hydrogen-bond acceptors (Lipinski definition) is 3. The Morgan fingerprint density at radius 1 is 1.33 bits per heavy atom. The molecule has 0 aromatic carbocycles. The maximum atomic E-state index is 10.2. The van der Waals surface area contributed by atoms with Crippen LogP contribution in [0.3, 0.4) is 0 Å². The SMILES string of the molecule is Cc1cnc(C(O)CCc2nccn2C)c(C)c1. The minimum absolute atomic E-state index is 0.526. The molecule has 0 bridgehead atoms. The first-order valence-electron chi connectivity index (χ1n) is 6.15. The third kappa shape index (κ3) is 2.76. The standard InChI is InChI=1S/C14H19N3O/c1-10-8-11(2)14(16-9-10)12(18)4-5-13-15-6-7-17(13)3/h6-9,12,18H,4-5H2,1-3H3. The second-order valence-electron chi connectivity index (χ2n) is 4.72. The van der Waals surface area contributed by atoms with Gasteiger partial charge in [-0.2, -0.15) is 0 Å². The summed E-state index contributed by atoms with van der Waals surface area (Å²) in [5.74, 6) is 0.985. The summed E-state index contributed by atoms with van der Waals surface area (Å²) in [5.41, 5.74) is 2.93. The smallest absolute Gasteiger partial charge is 0.108 e. The van der Waals surface area contributed by atoms with Crippen LogP contribution in [0.4, 0.5) is 0 Å². The first-order valence-corrected chi connectivity index (χ1v) is 6.15. The van der Waals surface area contributed by atoms with Gasteiger partial charge >= 0.3 is 0 Å². The first-order chi connectivity index (χ1) is 8.58. The van der Waals surface area contributed by atoms with Crippen LogP contribution >= 0.6 is 0 Å². The number of hydrogen-bond donors (Lipinski definition) is 1. The highest BCUT2D eigenvalue weighted by atomic mass is 16.3. The van der Waals surface area contributed by atoms with E-state index in [9.17, 15) is 5.11 Å². The Hall–Kier alpha value is -1.68. The van der Waals surface area contributed by atoms with Gasteiger partial charge in [-0.05, 0) is 31.4 Å². The summed E-state index contributed by atoms with van der Waals surface area (Å²) in [5, 5.41) is 10.2. The van der Waals surface area contributed by atoms with Crippen molar-refractivity contribution >= 4 is 0 Å². The monoisotopic (exact) mass is 245 g/mol. The van der Waals surface area contributed by atoms with Crippen LogP contribution in [0.5, 0.6) is 0 Å². The summed E-state index contributed by atoms with van der Waals surface area (Å²) in [6.45, 7) is 3.99. The highest BCUT2D eigenvalue weighted by molar-refractivity contribution is 5.24. The van der Waals surface area contributed by atoms with Gasteiger partial charge in [0.2, 0.25) is 0 Å². The van der Waals surface area contributed by atoms with Gasteiger partial charge in [0.1, 0.15) is 5.82 Å². The largest absolute Gasteiger partial charge is 0.387 e. The van der Waals surface area contributed by atoms with Crippen LogP contribution in [0.15, 0.2) is 24.7 Å². The van der Waals surface area contributed by atoms with E-state index in [0.717, 1.165) is 29.1 Å². The molecule has 0 saturated carbocycles. The van der Waals surface area contributed by atoms with Crippen LogP contribution in [0.1, 0.15) is 35.2 Å². The quantitative estimate of drug-likeness (QED) is 0.897.